The number of aromatic nitrogens is 4. The highest BCUT2D eigenvalue weighted by Gasteiger charge is 2.34. The zero-order chi connectivity index (χ0) is 15.7. The minimum Gasteiger partial charge on any atom is -0.274 e. The minimum absolute atomic E-state index is 0.254. The van der Waals surface area contributed by atoms with Crippen LogP contribution in [0.4, 0.5) is 0 Å². The standard InChI is InChI=1S/C15H17N5O2/c1-10(2)9-20-17-13(16-18-20)7-8-19-14(21)11-5-3-4-6-12(11)15(19)22/h3-6,10H,7-9H2,1-2H3. The molecule has 7 heteroatoms. The average Bonchev–Trinajstić information content (AvgIpc) is 3.02. The molecular weight excluding hydrogens is 282 g/mol. The second-order valence-electron chi connectivity index (χ2n) is 5.71. The number of hydrogen-bond donors (Lipinski definition) is 0. The van der Waals surface area contributed by atoms with Crippen LogP contribution in [0, 0.1) is 5.92 Å². The fourth-order valence-corrected chi connectivity index (χ4v) is 2.43. The van der Waals surface area contributed by atoms with Crippen molar-refractivity contribution >= 4 is 11.8 Å². The normalized spacial score (nSPS) is 14.0. The van der Waals surface area contributed by atoms with E-state index >= 15 is 0 Å². The summed E-state index contributed by atoms with van der Waals surface area (Å²) in [7, 11) is 0. The molecule has 0 saturated carbocycles. The van der Waals surface area contributed by atoms with Crippen molar-refractivity contribution in [1.82, 2.24) is 25.1 Å². The van der Waals surface area contributed by atoms with E-state index in [0.29, 0.717) is 35.8 Å². The van der Waals surface area contributed by atoms with Gasteiger partial charge in [0, 0.05) is 13.0 Å². The van der Waals surface area contributed by atoms with Crippen LogP contribution in [0.5, 0.6) is 0 Å². The number of fused-ring (bicyclic) bond motifs is 1. The van der Waals surface area contributed by atoms with E-state index in [2.05, 4.69) is 29.3 Å². The molecule has 7 nitrogen and oxygen atoms in total. The van der Waals surface area contributed by atoms with E-state index in [0.717, 1.165) is 0 Å². The molecule has 0 radical (unpaired) electrons. The largest absolute Gasteiger partial charge is 0.274 e. The molecule has 0 saturated heterocycles. The van der Waals surface area contributed by atoms with Gasteiger partial charge in [0.25, 0.3) is 11.8 Å². The van der Waals surface area contributed by atoms with Crippen molar-refractivity contribution in [2.24, 2.45) is 5.92 Å². The fraction of sp³-hybridized carbons (Fsp3) is 0.400. The maximum atomic E-state index is 12.2. The Balaban J connectivity index is 1.67. The third kappa shape index (κ3) is 2.61. The van der Waals surface area contributed by atoms with Gasteiger partial charge in [-0.15, -0.1) is 10.2 Å². The first-order valence-electron chi connectivity index (χ1n) is 7.28. The summed E-state index contributed by atoms with van der Waals surface area (Å²) in [5.74, 6) is 0.459. The molecule has 0 aliphatic carbocycles. The molecule has 3 rings (SSSR count). The van der Waals surface area contributed by atoms with Crippen molar-refractivity contribution in [2.45, 2.75) is 26.8 Å². The van der Waals surface area contributed by atoms with Crippen molar-refractivity contribution in [3.8, 4) is 0 Å². The predicted octanol–water partition coefficient (Wildman–Crippen LogP) is 1.17. The van der Waals surface area contributed by atoms with Gasteiger partial charge in [-0.25, -0.2) is 0 Å². The number of imide groups is 1. The number of nitrogens with zero attached hydrogens (tertiary/aromatic N) is 5. The highest BCUT2D eigenvalue weighted by molar-refractivity contribution is 6.21. The summed E-state index contributed by atoms with van der Waals surface area (Å²) >= 11 is 0. The van der Waals surface area contributed by atoms with Crippen LogP contribution < -0.4 is 0 Å². The topological polar surface area (TPSA) is 81.0 Å². The summed E-state index contributed by atoms with van der Waals surface area (Å²) in [4.78, 5) is 27.2. The Bertz CT molecular complexity index is 687. The van der Waals surface area contributed by atoms with Gasteiger partial charge in [0.05, 0.1) is 17.7 Å². The van der Waals surface area contributed by atoms with E-state index in [1.165, 1.54) is 4.90 Å². The Kier molecular flexibility index (Phi) is 3.70. The first kappa shape index (κ1) is 14.4. The molecule has 1 aromatic heterocycles. The smallest absolute Gasteiger partial charge is 0.261 e. The summed E-state index contributed by atoms with van der Waals surface area (Å²) < 4.78 is 0. The third-order valence-corrected chi connectivity index (χ3v) is 3.46. The highest BCUT2D eigenvalue weighted by atomic mass is 16.2. The molecule has 0 fully saturated rings. The lowest BCUT2D eigenvalue weighted by molar-refractivity contribution is 0.0655. The third-order valence-electron chi connectivity index (χ3n) is 3.46. The lowest BCUT2D eigenvalue weighted by Crippen LogP contribution is -2.32. The van der Waals surface area contributed by atoms with Gasteiger partial charge in [-0.3, -0.25) is 14.5 Å². The quantitative estimate of drug-likeness (QED) is 0.774. The molecule has 2 heterocycles. The zero-order valence-corrected chi connectivity index (χ0v) is 12.6. The van der Waals surface area contributed by atoms with Gasteiger partial charge in [-0.2, -0.15) is 4.80 Å². The van der Waals surface area contributed by atoms with Crippen molar-refractivity contribution in [3.63, 3.8) is 0 Å². The summed E-state index contributed by atoms with van der Waals surface area (Å²) in [6.45, 7) is 5.10. The molecular formula is C15H17N5O2. The van der Waals surface area contributed by atoms with Gasteiger partial charge in [-0.1, -0.05) is 26.0 Å². The van der Waals surface area contributed by atoms with Gasteiger partial charge in [0.2, 0.25) is 0 Å². The minimum atomic E-state index is -0.254. The molecule has 0 N–H and O–H groups in total. The molecule has 1 aliphatic rings. The maximum Gasteiger partial charge on any atom is 0.261 e. The van der Waals surface area contributed by atoms with Crippen LogP contribution >= 0.6 is 0 Å². The molecule has 1 aliphatic heterocycles. The van der Waals surface area contributed by atoms with Crippen molar-refractivity contribution in [1.29, 1.82) is 0 Å². The first-order chi connectivity index (χ1) is 10.6. The van der Waals surface area contributed by atoms with E-state index in [9.17, 15) is 9.59 Å². The molecule has 0 unspecified atom stereocenters. The molecule has 0 bridgehead atoms. The number of tetrazole rings is 1. The first-order valence-corrected chi connectivity index (χ1v) is 7.28. The van der Waals surface area contributed by atoms with E-state index in [1.807, 2.05) is 0 Å². The average molecular weight is 299 g/mol. The fourth-order valence-electron chi connectivity index (χ4n) is 2.43. The Morgan fingerprint density at radius 1 is 1.09 bits per heavy atom. The van der Waals surface area contributed by atoms with Gasteiger partial charge >= 0.3 is 0 Å². The Morgan fingerprint density at radius 2 is 1.73 bits per heavy atom. The van der Waals surface area contributed by atoms with E-state index in [-0.39, 0.29) is 18.4 Å². The summed E-state index contributed by atoms with van der Waals surface area (Å²) in [5.41, 5.74) is 0.924. The molecule has 1 aromatic carbocycles. The number of hydrogen-bond acceptors (Lipinski definition) is 5. The molecule has 22 heavy (non-hydrogen) atoms. The van der Waals surface area contributed by atoms with Crippen LogP contribution in [-0.4, -0.2) is 43.5 Å². The van der Waals surface area contributed by atoms with Crippen LogP contribution in [0.25, 0.3) is 0 Å². The molecule has 0 spiro atoms. The molecule has 2 amide bonds. The Labute approximate surface area is 127 Å². The van der Waals surface area contributed by atoms with E-state index < -0.39 is 0 Å². The SMILES string of the molecule is CC(C)Cn1nnc(CCN2C(=O)c3ccccc3C2=O)n1. The van der Waals surface area contributed by atoms with Crippen LogP contribution in [0.2, 0.25) is 0 Å². The number of carbonyl (C=O) groups is 2. The van der Waals surface area contributed by atoms with Crippen LogP contribution in [0.15, 0.2) is 24.3 Å². The zero-order valence-electron chi connectivity index (χ0n) is 12.6. The second-order valence-corrected chi connectivity index (χ2v) is 5.71. The lowest BCUT2D eigenvalue weighted by Gasteiger charge is -2.11. The maximum absolute atomic E-state index is 12.2. The van der Waals surface area contributed by atoms with Crippen molar-refractivity contribution in [3.05, 3.63) is 41.2 Å². The number of benzene rings is 1. The van der Waals surface area contributed by atoms with Gasteiger partial charge in [0.15, 0.2) is 5.82 Å². The Morgan fingerprint density at radius 3 is 2.32 bits per heavy atom. The Hall–Kier alpha value is -2.57. The number of carbonyl (C=O) groups excluding carboxylic acids is 2. The molecule has 114 valence electrons. The van der Waals surface area contributed by atoms with E-state index in [1.54, 1.807) is 29.1 Å². The van der Waals surface area contributed by atoms with Crippen LogP contribution in [-0.2, 0) is 13.0 Å². The number of rotatable bonds is 5. The molecule has 2 aromatic rings. The van der Waals surface area contributed by atoms with Crippen LogP contribution in [0.1, 0.15) is 40.4 Å². The van der Waals surface area contributed by atoms with Gasteiger partial charge in [0.1, 0.15) is 0 Å². The van der Waals surface area contributed by atoms with Crippen molar-refractivity contribution in [2.75, 3.05) is 6.54 Å². The van der Waals surface area contributed by atoms with Crippen molar-refractivity contribution < 1.29 is 9.59 Å². The predicted molar refractivity (Wildman–Crippen MR) is 78.2 cm³/mol. The van der Waals surface area contributed by atoms with Gasteiger partial charge in [-0.05, 0) is 23.3 Å². The molecule has 0 atom stereocenters. The summed E-state index contributed by atoms with van der Waals surface area (Å²) in [6.07, 6.45) is 0.406. The van der Waals surface area contributed by atoms with E-state index in [4.69, 9.17) is 0 Å². The second kappa shape index (κ2) is 5.67. The number of amides is 2. The summed E-state index contributed by atoms with van der Waals surface area (Å²) in [5, 5.41) is 12.2. The highest BCUT2D eigenvalue weighted by Crippen LogP contribution is 2.22. The van der Waals surface area contributed by atoms with Gasteiger partial charge < -0.3 is 0 Å². The lowest BCUT2D eigenvalue weighted by atomic mass is 10.1. The summed E-state index contributed by atoms with van der Waals surface area (Å²) in [6, 6.07) is 6.86. The monoisotopic (exact) mass is 299 g/mol. The van der Waals surface area contributed by atoms with Crippen LogP contribution in [0.3, 0.4) is 0 Å².